The lowest BCUT2D eigenvalue weighted by molar-refractivity contribution is -0.907. The summed E-state index contributed by atoms with van der Waals surface area (Å²) in [5.41, 5.74) is 0. The third-order valence-electron chi connectivity index (χ3n) is 7.15. The smallest absolute Gasteiger partial charge is 0.359 e. The molecule has 7 heteroatoms. The van der Waals surface area contributed by atoms with Crippen molar-refractivity contribution in [1.82, 2.24) is 0 Å². The minimum absolute atomic E-state index is 0.268. The summed E-state index contributed by atoms with van der Waals surface area (Å²) in [5, 5.41) is 27.4. The Labute approximate surface area is 220 Å². The molecule has 7 nitrogen and oxygen atoms in total. The summed E-state index contributed by atoms with van der Waals surface area (Å²) >= 11 is 0. The Morgan fingerprint density at radius 2 is 0.639 bits per heavy atom. The fraction of sp³-hybridized carbons (Fsp3) is 0.897. The minimum atomic E-state index is -1.17. The maximum atomic E-state index is 11.2. The van der Waals surface area contributed by atoms with Crippen LogP contribution in [-0.4, -0.2) is 63.9 Å². The molecule has 0 atom stereocenters. The average Bonchev–Trinajstić information content (AvgIpc) is 2.78. The van der Waals surface area contributed by atoms with Crippen molar-refractivity contribution in [2.24, 2.45) is 0 Å². The molecule has 0 fully saturated rings. The van der Waals surface area contributed by atoms with Crippen LogP contribution < -0.4 is 0 Å². The number of rotatable bonds is 28. The van der Waals surface area contributed by atoms with E-state index in [0.717, 1.165) is 19.3 Å². The van der Waals surface area contributed by atoms with Gasteiger partial charge in [0.2, 0.25) is 0 Å². The van der Waals surface area contributed by atoms with Gasteiger partial charge in [0.15, 0.2) is 19.6 Å². The topological polar surface area (TPSA) is 112 Å². The molecule has 0 rings (SSSR count). The second-order valence-corrected chi connectivity index (χ2v) is 10.8. The molecule has 0 unspecified atom stereocenters. The zero-order valence-corrected chi connectivity index (χ0v) is 23.2. The second-order valence-electron chi connectivity index (χ2n) is 10.8. The molecule has 0 aliphatic rings. The predicted octanol–water partition coefficient (Wildman–Crippen LogP) is 7.27. The van der Waals surface area contributed by atoms with Crippen molar-refractivity contribution in [3.63, 3.8) is 0 Å². The Bertz CT molecular complexity index is 525. The normalized spacial score (nSPS) is 11.6. The van der Waals surface area contributed by atoms with Crippen LogP contribution in [0.1, 0.15) is 142 Å². The van der Waals surface area contributed by atoms with E-state index in [-0.39, 0.29) is 6.54 Å². The van der Waals surface area contributed by atoms with Gasteiger partial charge < -0.3 is 15.3 Å². The van der Waals surface area contributed by atoms with Crippen LogP contribution in [0.3, 0.4) is 0 Å². The number of carboxylic acid groups (broad SMARTS) is 3. The van der Waals surface area contributed by atoms with E-state index in [9.17, 15) is 14.4 Å². The molecule has 0 heterocycles. The summed E-state index contributed by atoms with van der Waals surface area (Å²) < 4.78 is -0.431. The number of hydrogen-bond donors (Lipinski definition) is 3. The van der Waals surface area contributed by atoms with Gasteiger partial charge in [-0.25, -0.2) is 14.4 Å². The highest BCUT2D eigenvalue weighted by Crippen LogP contribution is 2.16. The highest BCUT2D eigenvalue weighted by molar-refractivity contribution is 5.73. The van der Waals surface area contributed by atoms with Crippen LogP contribution in [0.4, 0.5) is 0 Å². The lowest BCUT2D eigenvalue weighted by Gasteiger charge is -2.34. The number of carbonyl (C=O) groups is 3. The van der Waals surface area contributed by atoms with Crippen molar-refractivity contribution in [2.75, 3.05) is 26.2 Å². The Balaban J connectivity index is 3.62. The third-order valence-corrected chi connectivity index (χ3v) is 7.15. The molecule has 0 amide bonds. The van der Waals surface area contributed by atoms with E-state index in [4.69, 9.17) is 15.3 Å². The average molecular weight is 515 g/mol. The van der Waals surface area contributed by atoms with Crippen LogP contribution >= 0.6 is 0 Å². The molecule has 212 valence electrons. The van der Waals surface area contributed by atoms with Crippen LogP contribution in [0.25, 0.3) is 0 Å². The molecule has 0 saturated carbocycles. The second kappa shape index (κ2) is 23.7. The van der Waals surface area contributed by atoms with Crippen LogP contribution in [0, 0.1) is 0 Å². The number of hydrogen-bond acceptors (Lipinski definition) is 3. The third kappa shape index (κ3) is 22.8. The summed E-state index contributed by atoms with van der Waals surface area (Å²) in [6.45, 7) is 1.11. The molecule has 0 spiro atoms. The van der Waals surface area contributed by atoms with E-state index in [2.05, 4.69) is 6.92 Å². The lowest BCUT2D eigenvalue weighted by Crippen LogP contribution is -2.57. The van der Waals surface area contributed by atoms with Gasteiger partial charge in [0.05, 0.1) is 6.54 Å². The number of unbranched alkanes of at least 4 members (excludes halogenated alkanes) is 20. The van der Waals surface area contributed by atoms with E-state index in [1.807, 2.05) is 0 Å². The molecule has 0 radical (unpaired) electrons. The first-order valence-corrected chi connectivity index (χ1v) is 14.8. The largest absolute Gasteiger partial charge is 0.477 e. The summed E-state index contributed by atoms with van der Waals surface area (Å²) in [7, 11) is 0. The van der Waals surface area contributed by atoms with Crippen molar-refractivity contribution in [2.45, 2.75) is 142 Å². The van der Waals surface area contributed by atoms with Gasteiger partial charge in [0.1, 0.15) is 0 Å². The number of quaternary nitrogens is 1. The summed E-state index contributed by atoms with van der Waals surface area (Å²) in [5.74, 6) is -3.50. The van der Waals surface area contributed by atoms with Gasteiger partial charge in [-0.1, -0.05) is 129 Å². The van der Waals surface area contributed by atoms with Crippen LogP contribution in [0.5, 0.6) is 0 Å². The molecular formula is C29H56NO6+. The summed E-state index contributed by atoms with van der Waals surface area (Å²) in [6, 6.07) is 0. The molecule has 0 aromatic carbocycles. The lowest BCUT2D eigenvalue weighted by atomic mass is 10.0. The van der Waals surface area contributed by atoms with Gasteiger partial charge in [-0.3, -0.25) is 4.48 Å². The van der Waals surface area contributed by atoms with Gasteiger partial charge in [0.25, 0.3) is 0 Å². The van der Waals surface area contributed by atoms with Crippen LogP contribution in [0.2, 0.25) is 0 Å². The standard InChI is InChI=1S/C29H55NO6/c1-2-3-4-5-6-7-8-9-10-11-12-13-14-15-16-17-18-19-20-21-22-23-30(24-27(31)32,25-28(33)34)26-29(35)36/h2-26H2,1H3,(H2-,31,32,33,34,35,36)/p+1. The Kier molecular flexibility index (Phi) is 22.7. The van der Waals surface area contributed by atoms with E-state index in [0.29, 0.717) is 6.42 Å². The Morgan fingerprint density at radius 3 is 0.861 bits per heavy atom. The number of nitrogens with zero attached hydrogens (tertiary/aromatic N) is 1. The van der Waals surface area contributed by atoms with E-state index < -0.39 is 42.0 Å². The highest BCUT2D eigenvalue weighted by atomic mass is 16.4. The van der Waals surface area contributed by atoms with Gasteiger partial charge >= 0.3 is 17.9 Å². The van der Waals surface area contributed by atoms with Crippen molar-refractivity contribution >= 4 is 17.9 Å². The molecule has 0 aliphatic heterocycles. The first-order chi connectivity index (χ1) is 17.3. The maximum absolute atomic E-state index is 11.2. The molecular weight excluding hydrogens is 458 g/mol. The van der Waals surface area contributed by atoms with Gasteiger partial charge in [0, 0.05) is 0 Å². The van der Waals surface area contributed by atoms with Gasteiger partial charge in [-0.15, -0.1) is 0 Å². The number of aliphatic carboxylic acids is 3. The molecule has 36 heavy (non-hydrogen) atoms. The Morgan fingerprint density at radius 1 is 0.417 bits per heavy atom. The first-order valence-electron chi connectivity index (χ1n) is 14.8. The zero-order valence-electron chi connectivity index (χ0n) is 23.2. The van der Waals surface area contributed by atoms with Gasteiger partial charge in [-0.2, -0.15) is 0 Å². The monoisotopic (exact) mass is 514 g/mol. The summed E-state index contributed by atoms with van der Waals surface area (Å²) in [4.78, 5) is 33.6. The fourth-order valence-electron chi connectivity index (χ4n) is 5.14. The van der Waals surface area contributed by atoms with E-state index in [1.54, 1.807) is 0 Å². The molecule has 0 saturated heterocycles. The SMILES string of the molecule is CCCCCCCCCCCCCCCCCCCCCCC[N+](CC(=O)O)(CC(=O)O)CC(=O)O. The zero-order chi connectivity index (χ0) is 26.9. The van der Waals surface area contributed by atoms with Crippen molar-refractivity contribution < 1.29 is 34.2 Å². The van der Waals surface area contributed by atoms with Crippen molar-refractivity contribution in [3.8, 4) is 0 Å². The van der Waals surface area contributed by atoms with Crippen LogP contribution in [-0.2, 0) is 14.4 Å². The fourth-order valence-corrected chi connectivity index (χ4v) is 5.14. The first kappa shape index (κ1) is 34.4. The summed E-state index contributed by atoms with van der Waals surface area (Å²) in [6.07, 6.45) is 26.8. The molecule has 0 bridgehead atoms. The number of carboxylic acids is 3. The quantitative estimate of drug-likeness (QED) is 0.0747. The molecule has 0 aromatic rings. The molecule has 0 aromatic heterocycles. The van der Waals surface area contributed by atoms with E-state index >= 15 is 0 Å². The minimum Gasteiger partial charge on any atom is -0.477 e. The van der Waals surface area contributed by atoms with Crippen molar-refractivity contribution in [3.05, 3.63) is 0 Å². The van der Waals surface area contributed by atoms with E-state index in [1.165, 1.54) is 109 Å². The Hall–Kier alpha value is -1.63. The van der Waals surface area contributed by atoms with Gasteiger partial charge in [-0.05, 0) is 12.8 Å². The molecule has 3 N–H and O–H groups in total. The van der Waals surface area contributed by atoms with Crippen LogP contribution in [0.15, 0.2) is 0 Å². The maximum Gasteiger partial charge on any atom is 0.359 e. The van der Waals surface area contributed by atoms with Crippen molar-refractivity contribution in [1.29, 1.82) is 0 Å². The molecule has 0 aliphatic carbocycles. The highest BCUT2D eigenvalue weighted by Gasteiger charge is 2.35. The predicted molar refractivity (Wildman–Crippen MR) is 145 cm³/mol.